The summed E-state index contributed by atoms with van der Waals surface area (Å²) in [4.78, 5) is 23.6. The molecule has 22 heavy (non-hydrogen) atoms. The summed E-state index contributed by atoms with van der Waals surface area (Å²) in [5.41, 5.74) is 7.31. The molecule has 0 bridgehead atoms. The van der Waals surface area contributed by atoms with Crippen molar-refractivity contribution in [3.05, 3.63) is 52.8 Å². The molecule has 0 atom stereocenters. The molecule has 1 aromatic carbocycles. The van der Waals surface area contributed by atoms with Crippen molar-refractivity contribution in [1.82, 2.24) is 26.4 Å². The highest BCUT2D eigenvalue weighted by Crippen LogP contribution is 2.02. The van der Waals surface area contributed by atoms with Crippen molar-refractivity contribution >= 4 is 29.1 Å². The number of amides is 2. The van der Waals surface area contributed by atoms with Crippen molar-refractivity contribution in [3.63, 3.8) is 0 Å². The Kier molecular flexibility index (Phi) is 4.84. The van der Waals surface area contributed by atoms with Gasteiger partial charge in [0.2, 0.25) is 0 Å². The number of thiocarbonyl (C=S) groups is 1. The number of carbonyl (C=O) groups is 2. The van der Waals surface area contributed by atoms with Crippen LogP contribution >= 0.6 is 12.2 Å². The summed E-state index contributed by atoms with van der Waals surface area (Å²) in [6, 6.07) is 8.63. The number of hydrazine groups is 1. The Morgan fingerprint density at radius 1 is 1.09 bits per heavy atom. The molecule has 0 radical (unpaired) electrons. The summed E-state index contributed by atoms with van der Waals surface area (Å²) in [6.45, 7) is 3.71. The maximum atomic E-state index is 11.9. The van der Waals surface area contributed by atoms with Gasteiger partial charge in [0.1, 0.15) is 0 Å². The van der Waals surface area contributed by atoms with Crippen LogP contribution in [0.2, 0.25) is 0 Å². The minimum Gasteiger partial charge on any atom is -0.298 e. The SMILES string of the molecule is Cc1ccc(C(=O)NC(=S)NNC(=O)c2cc(C)[nH]n2)cc1. The highest BCUT2D eigenvalue weighted by molar-refractivity contribution is 7.80. The van der Waals surface area contributed by atoms with Crippen molar-refractivity contribution < 1.29 is 9.59 Å². The standard InChI is InChI=1S/C14H15N5O2S/c1-8-3-5-10(6-4-8)12(20)15-14(22)19-18-13(21)11-7-9(2)16-17-11/h3-7H,1-2H3,(H,16,17)(H,18,21)(H2,15,19,20,22). The predicted molar refractivity (Wildman–Crippen MR) is 85.2 cm³/mol. The molecule has 0 saturated heterocycles. The average molecular weight is 317 g/mol. The van der Waals surface area contributed by atoms with E-state index in [-0.39, 0.29) is 16.7 Å². The van der Waals surface area contributed by atoms with E-state index in [2.05, 4.69) is 26.4 Å². The van der Waals surface area contributed by atoms with Gasteiger partial charge >= 0.3 is 0 Å². The molecule has 0 unspecified atom stereocenters. The molecule has 0 aliphatic heterocycles. The van der Waals surface area contributed by atoms with Gasteiger partial charge in [-0.1, -0.05) is 17.7 Å². The van der Waals surface area contributed by atoms with Crippen LogP contribution < -0.4 is 16.2 Å². The largest absolute Gasteiger partial charge is 0.298 e. The Morgan fingerprint density at radius 2 is 1.77 bits per heavy atom. The van der Waals surface area contributed by atoms with E-state index in [0.717, 1.165) is 11.3 Å². The highest BCUT2D eigenvalue weighted by atomic mass is 32.1. The highest BCUT2D eigenvalue weighted by Gasteiger charge is 2.11. The van der Waals surface area contributed by atoms with Crippen LogP contribution in [-0.2, 0) is 0 Å². The van der Waals surface area contributed by atoms with E-state index < -0.39 is 5.91 Å². The fraction of sp³-hybridized carbons (Fsp3) is 0.143. The normalized spacial score (nSPS) is 9.91. The molecule has 1 aromatic heterocycles. The number of aromatic amines is 1. The lowest BCUT2D eigenvalue weighted by Crippen LogP contribution is -2.48. The number of aromatic nitrogens is 2. The van der Waals surface area contributed by atoms with Gasteiger partial charge in [0.15, 0.2) is 10.8 Å². The number of aryl methyl sites for hydroxylation is 2. The average Bonchev–Trinajstić information content (AvgIpc) is 2.92. The first-order valence-corrected chi connectivity index (χ1v) is 6.87. The zero-order chi connectivity index (χ0) is 16.1. The van der Waals surface area contributed by atoms with E-state index in [1.54, 1.807) is 25.1 Å². The summed E-state index contributed by atoms with van der Waals surface area (Å²) < 4.78 is 0. The van der Waals surface area contributed by atoms with Gasteiger partial charge in [-0.3, -0.25) is 30.9 Å². The van der Waals surface area contributed by atoms with Gasteiger partial charge in [-0.15, -0.1) is 0 Å². The molecular formula is C14H15N5O2S. The second-order valence-corrected chi connectivity index (χ2v) is 5.07. The molecule has 8 heteroatoms. The molecule has 7 nitrogen and oxygen atoms in total. The molecule has 4 N–H and O–H groups in total. The Hall–Kier alpha value is -2.74. The monoisotopic (exact) mass is 317 g/mol. The first kappa shape index (κ1) is 15.6. The van der Waals surface area contributed by atoms with Crippen LogP contribution in [0.3, 0.4) is 0 Å². The molecule has 0 spiro atoms. The summed E-state index contributed by atoms with van der Waals surface area (Å²) in [5, 5.41) is 8.91. The van der Waals surface area contributed by atoms with E-state index in [1.165, 1.54) is 0 Å². The number of benzene rings is 1. The molecule has 114 valence electrons. The molecular weight excluding hydrogens is 302 g/mol. The minimum atomic E-state index is -0.462. The maximum Gasteiger partial charge on any atom is 0.290 e. The lowest BCUT2D eigenvalue weighted by Gasteiger charge is -2.10. The van der Waals surface area contributed by atoms with Crippen molar-refractivity contribution in [3.8, 4) is 0 Å². The molecule has 2 amide bonds. The van der Waals surface area contributed by atoms with Crippen molar-refractivity contribution in [1.29, 1.82) is 0 Å². The Labute approximate surface area is 132 Å². The third-order valence-corrected chi connectivity index (χ3v) is 2.97. The van der Waals surface area contributed by atoms with E-state index >= 15 is 0 Å². The number of rotatable bonds is 2. The number of nitrogens with zero attached hydrogens (tertiary/aromatic N) is 1. The molecule has 0 aliphatic carbocycles. The number of nitrogens with one attached hydrogen (secondary N) is 4. The molecule has 0 aliphatic rings. The quantitative estimate of drug-likeness (QED) is 0.489. The second-order valence-electron chi connectivity index (χ2n) is 4.66. The third-order valence-electron chi connectivity index (χ3n) is 2.77. The predicted octanol–water partition coefficient (Wildman–Crippen LogP) is 0.976. The first-order valence-electron chi connectivity index (χ1n) is 6.46. The van der Waals surface area contributed by atoms with Crippen molar-refractivity contribution in [2.24, 2.45) is 0 Å². The molecule has 2 aromatic rings. The van der Waals surface area contributed by atoms with Gasteiger partial charge in [0, 0.05) is 11.3 Å². The van der Waals surface area contributed by atoms with Crippen molar-refractivity contribution in [2.75, 3.05) is 0 Å². The van der Waals surface area contributed by atoms with E-state index in [9.17, 15) is 9.59 Å². The summed E-state index contributed by atoms with van der Waals surface area (Å²) in [6.07, 6.45) is 0. The zero-order valence-corrected chi connectivity index (χ0v) is 12.9. The van der Waals surface area contributed by atoms with Crippen LogP contribution in [0.1, 0.15) is 32.1 Å². The molecule has 0 fully saturated rings. The fourth-order valence-electron chi connectivity index (χ4n) is 1.62. The van der Waals surface area contributed by atoms with E-state index in [1.807, 2.05) is 19.1 Å². The van der Waals surface area contributed by atoms with Gasteiger partial charge in [-0.25, -0.2) is 0 Å². The zero-order valence-electron chi connectivity index (χ0n) is 12.1. The van der Waals surface area contributed by atoms with Crippen LogP contribution in [0, 0.1) is 13.8 Å². The number of hydrogen-bond donors (Lipinski definition) is 4. The van der Waals surface area contributed by atoms with Crippen LogP contribution in [0.25, 0.3) is 0 Å². The first-order chi connectivity index (χ1) is 10.5. The second kappa shape index (κ2) is 6.81. The van der Waals surface area contributed by atoms with E-state index in [0.29, 0.717) is 5.56 Å². The van der Waals surface area contributed by atoms with Gasteiger partial charge in [-0.05, 0) is 44.3 Å². The third kappa shape index (κ3) is 4.13. The smallest absolute Gasteiger partial charge is 0.290 e. The lowest BCUT2D eigenvalue weighted by atomic mass is 10.1. The Bertz CT molecular complexity index is 708. The van der Waals surface area contributed by atoms with Gasteiger partial charge < -0.3 is 0 Å². The number of hydrogen-bond acceptors (Lipinski definition) is 4. The fourth-order valence-corrected chi connectivity index (χ4v) is 1.77. The van der Waals surface area contributed by atoms with Gasteiger partial charge in [0.05, 0.1) is 0 Å². The molecule has 2 rings (SSSR count). The minimum absolute atomic E-state index is 0.00816. The van der Waals surface area contributed by atoms with Crippen LogP contribution in [0.15, 0.2) is 30.3 Å². The van der Waals surface area contributed by atoms with Crippen LogP contribution in [-0.4, -0.2) is 27.1 Å². The maximum absolute atomic E-state index is 11.9. The summed E-state index contributed by atoms with van der Waals surface area (Å²) in [7, 11) is 0. The van der Waals surface area contributed by atoms with Gasteiger partial charge in [-0.2, -0.15) is 5.10 Å². The summed E-state index contributed by atoms with van der Waals surface area (Å²) in [5.74, 6) is -0.821. The number of carbonyl (C=O) groups excluding carboxylic acids is 2. The van der Waals surface area contributed by atoms with Gasteiger partial charge in [0.25, 0.3) is 11.8 Å². The Morgan fingerprint density at radius 3 is 2.36 bits per heavy atom. The van der Waals surface area contributed by atoms with Crippen LogP contribution in [0.4, 0.5) is 0 Å². The topological polar surface area (TPSA) is 98.9 Å². The molecule has 1 heterocycles. The lowest BCUT2D eigenvalue weighted by molar-refractivity contribution is 0.0930. The van der Waals surface area contributed by atoms with Crippen molar-refractivity contribution in [2.45, 2.75) is 13.8 Å². The van der Waals surface area contributed by atoms with Crippen LogP contribution in [0.5, 0.6) is 0 Å². The number of H-pyrrole nitrogens is 1. The van der Waals surface area contributed by atoms with E-state index in [4.69, 9.17) is 12.2 Å². The Balaban J connectivity index is 1.84. The summed E-state index contributed by atoms with van der Waals surface area (Å²) >= 11 is 4.94. The molecule has 0 saturated carbocycles.